The second kappa shape index (κ2) is 12.3. The number of imide groups is 1. The Balaban J connectivity index is 1.52. The summed E-state index contributed by atoms with van der Waals surface area (Å²) in [4.78, 5) is 54.8. The number of halogens is 1. The SMILES string of the molecule is CCNC(=O)[C@H](Cc1ccccc1)N(Cc1ccc(F)cc1)C(=O)CCCN1C(=O)c2ccccc2C1=O. The Kier molecular flexibility index (Phi) is 8.63. The molecule has 0 saturated carbocycles. The van der Waals surface area contributed by atoms with E-state index in [1.54, 1.807) is 36.4 Å². The second-order valence-corrected chi connectivity index (χ2v) is 9.16. The second-order valence-electron chi connectivity index (χ2n) is 9.16. The smallest absolute Gasteiger partial charge is 0.261 e. The molecule has 8 heteroatoms. The minimum absolute atomic E-state index is 0.0271. The quantitative estimate of drug-likeness (QED) is 0.392. The molecule has 0 unspecified atom stereocenters. The van der Waals surface area contributed by atoms with Crippen LogP contribution >= 0.6 is 0 Å². The van der Waals surface area contributed by atoms with E-state index >= 15 is 0 Å². The van der Waals surface area contributed by atoms with Crippen molar-refractivity contribution in [3.05, 3.63) is 107 Å². The highest BCUT2D eigenvalue weighted by Crippen LogP contribution is 2.23. The number of likely N-dealkylation sites (N-methyl/N-ethyl adjacent to an activating group) is 1. The van der Waals surface area contributed by atoms with Gasteiger partial charge in [0.2, 0.25) is 11.8 Å². The number of rotatable bonds is 11. The monoisotopic (exact) mass is 515 g/mol. The summed E-state index contributed by atoms with van der Waals surface area (Å²) in [6.45, 7) is 2.42. The van der Waals surface area contributed by atoms with Crippen molar-refractivity contribution in [2.45, 2.75) is 38.8 Å². The summed E-state index contributed by atoms with van der Waals surface area (Å²) in [6, 6.07) is 21.1. The molecular weight excluding hydrogens is 485 g/mol. The molecular formula is C30H30FN3O4. The zero-order chi connectivity index (χ0) is 27.1. The van der Waals surface area contributed by atoms with Gasteiger partial charge in [0.05, 0.1) is 11.1 Å². The highest BCUT2D eigenvalue weighted by atomic mass is 19.1. The fourth-order valence-electron chi connectivity index (χ4n) is 4.61. The van der Waals surface area contributed by atoms with E-state index in [0.29, 0.717) is 29.7 Å². The first-order valence-electron chi connectivity index (χ1n) is 12.7. The van der Waals surface area contributed by atoms with Crippen molar-refractivity contribution < 1.29 is 23.6 Å². The summed E-state index contributed by atoms with van der Waals surface area (Å²) in [5, 5.41) is 2.83. The molecule has 4 rings (SSSR count). The van der Waals surface area contributed by atoms with Crippen LogP contribution in [0.4, 0.5) is 4.39 Å². The van der Waals surface area contributed by atoms with E-state index in [9.17, 15) is 23.6 Å². The maximum Gasteiger partial charge on any atom is 0.261 e. The third-order valence-electron chi connectivity index (χ3n) is 6.54. The Labute approximate surface area is 221 Å². The Morgan fingerprint density at radius 2 is 1.47 bits per heavy atom. The standard InChI is InChI=1S/C30H30FN3O4/c1-2-32-28(36)26(19-21-9-4-3-5-10-21)34(20-22-14-16-23(31)17-15-22)27(35)13-8-18-33-29(37)24-11-6-7-12-25(24)30(33)38/h3-7,9-12,14-17,26H,2,8,13,18-20H2,1H3,(H,32,36)/t26-/m0/s1. The minimum Gasteiger partial charge on any atom is -0.355 e. The van der Waals surface area contributed by atoms with E-state index in [4.69, 9.17) is 0 Å². The first-order valence-corrected chi connectivity index (χ1v) is 12.7. The molecule has 38 heavy (non-hydrogen) atoms. The van der Waals surface area contributed by atoms with Gasteiger partial charge in [-0.2, -0.15) is 0 Å². The molecule has 0 radical (unpaired) electrons. The lowest BCUT2D eigenvalue weighted by Gasteiger charge is -2.31. The average molecular weight is 516 g/mol. The normalized spacial score (nSPS) is 13.3. The molecule has 0 saturated heterocycles. The van der Waals surface area contributed by atoms with E-state index in [1.807, 2.05) is 37.3 Å². The molecule has 3 aromatic rings. The molecule has 1 aliphatic heterocycles. The number of hydrogen-bond donors (Lipinski definition) is 1. The van der Waals surface area contributed by atoms with Crippen LogP contribution < -0.4 is 5.32 Å². The van der Waals surface area contributed by atoms with Gasteiger partial charge in [-0.25, -0.2) is 4.39 Å². The van der Waals surface area contributed by atoms with Crippen molar-refractivity contribution in [3.8, 4) is 0 Å². The number of nitrogens with one attached hydrogen (secondary N) is 1. The lowest BCUT2D eigenvalue weighted by molar-refractivity contribution is -0.141. The Morgan fingerprint density at radius 3 is 2.08 bits per heavy atom. The molecule has 0 aromatic heterocycles. The number of benzene rings is 3. The van der Waals surface area contributed by atoms with Gasteiger partial charge in [-0.3, -0.25) is 24.1 Å². The molecule has 0 aliphatic carbocycles. The predicted octanol–water partition coefficient (Wildman–Crippen LogP) is 3.98. The molecule has 7 nitrogen and oxygen atoms in total. The van der Waals surface area contributed by atoms with Gasteiger partial charge in [0.25, 0.3) is 11.8 Å². The zero-order valence-electron chi connectivity index (χ0n) is 21.2. The van der Waals surface area contributed by atoms with E-state index in [2.05, 4.69) is 5.32 Å². The number of hydrogen-bond acceptors (Lipinski definition) is 4. The molecule has 1 N–H and O–H groups in total. The van der Waals surface area contributed by atoms with Gasteiger partial charge in [0.1, 0.15) is 11.9 Å². The predicted molar refractivity (Wildman–Crippen MR) is 141 cm³/mol. The van der Waals surface area contributed by atoms with E-state index in [1.165, 1.54) is 17.0 Å². The first kappa shape index (κ1) is 26.7. The third-order valence-corrected chi connectivity index (χ3v) is 6.54. The van der Waals surface area contributed by atoms with E-state index in [0.717, 1.165) is 10.5 Å². The van der Waals surface area contributed by atoms with Crippen molar-refractivity contribution in [2.75, 3.05) is 13.1 Å². The van der Waals surface area contributed by atoms with Crippen LogP contribution in [-0.2, 0) is 22.6 Å². The van der Waals surface area contributed by atoms with Crippen LogP contribution in [-0.4, -0.2) is 52.6 Å². The summed E-state index contributed by atoms with van der Waals surface area (Å²) < 4.78 is 13.5. The largest absolute Gasteiger partial charge is 0.355 e. The molecule has 0 fully saturated rings. The number of carbonyl (C=O) groups is 4. The lowest BCUT2D eigenvalue weighted by atomic mass is 10.0. The number of nitrogens with zero attached hydrogens (tertiary/aromatic N) is 2. The van der Waals surface area contributed by atoms with Gasteiger partial charge in [-0.05, 0) is 48.7 Å². The van der Waals surface area contributed by atoms with Crippen molar-refractivity contribution >= 4 is 23.6 Å². The van der Waals surface area contributed by atoms with Crippen LogP contribution in [0.1, 0.15) is 51.6 Å². The van der Waals surface area contributed by atoms with Crippen LogP contribution in [0.15, 0.2) is 78.9 Å². The molecule has 1 heterocycles. The topological polar surface area (TPSA) is 86.8 Å². The van der Waals surface area contributed by atoms with Gasteiger partial charge in [-0.15, -0.1) is 0 Å². The summed E-state index contributed by atoms with van der Waals surface area (Å²) in [5.74, 6) is -1.71. The van der Waals surface area contributed by atoms with Crippen LogP contribution in [0.25, 0.3) is 0 Å². The van der Waals surface area contributed by atoms with Gasteiger partial charge >= 0.3 is 0 Å². The van der Waals surface area contributed by atoms with Gasteiger partial charge in [-0.1, -0.05) is 54.6 Å². The van der Waals surface area contributed by atoms with Gasteiger partial charge in [0.15, 0.2) is 0 Å². The van der Waals surface area contributed by atoms with Crippen molar-refractivity contribution in [2.24, 2.45) is 0 Å². The van der Waals surface area contributed by atoms with Crippen molar-refractivity contribution in [1.82, 2.24) is 15.1 Å². The minimum atomic E-state index is -0.797. The summed E-state index contributed by atoms with van der Waals surface area (Å²) in [5.41, 5.74) is 2.30. The average Bonchev–Trinajstić information content (AvgIpc) is 3.17. The van der Waals surface area contributed by atoms with Crippen LogP contribution in [0.5, 0.6) is 0 Å². The Morgan fingerprint density at radius 1 is 0.868 bits per heavy atom. The van der Waals surface area contributed by atoms with Gasteiger partial charge in [0, 0.05) is 32.5 Å². The molecule has 4 amide bonds. The Hall–Kier alpha value is -4.33. The van der Waals surface area contributed by atoms with E-state index in [-0.39, 0.29) is 49.6 Å². The maximum atomic E-state index is 13.6. The third kappa shape index (κ3) is 6.14. The van der Waals surface area contributed by atoms with E-state index < -0.39 is 11.9 Å². The highest BCUT2D eigenvalue weighted by Gasteiger charge is 2.35. The molecule has 0 spiro atoms. The number of amides is 4. The van der Waals surface area contributed by atoms with Crippen LogP contribution in [0.3, 0.4) is 0 Å². The number of fused-ring (bicyclic) bond motifs is 1. The van der Waals surface area contributed by atoms with Gasteiger partial charge < -0.3 is 10.2 Å². The summed E-state index contributed by atoms with van der Waals surface area (Å²) in [6.07, 6.45) is 0.578. The van der Waals surface area contributed by atoms with Crippen LogP contribution in [0.2, 0.25) is 0 Å². The van der Waals surface area contributed by atoms with Crippen molar-refractivity contribution in [3.63, 3.8) is 0 Å². The van der Waals surface area contributed by atoms with Crippen molar-refractivity contribution in [1.29, 1.82) is 0 Å². The summed E-state index contributed by atoms with van der Waals surface area (Å²) in [7, 11) is 0. The molecule has 1 atom stereocenters. The zero-order valence-corrected chi connectivity index (χ0v) is 21.2. The fourth-order valence-corrected chi connectivity index (χ4v) is 4.61. The Bertz CT molecular complexity index is 1280. The molecule has 3 aromatic carbocycles. The fraction of sp³-hybridized carbons (Fsp3) is 0.267. The lowest BCUT2D eigenvalue weighted by Crippen LogP contribution is -2.50. The highest BCUT2D eigenvalue weighted by molar-refractivity contribution is 6.21. The number of carbonyl (C=O) groups excluding carboxylic acids is 4. The first-order chi connectivity index (χ1) is 18.4. The maximum absolute atomic E-state index is 13.6. The summed E-state index contributed by atoms with van der Waals surface area (Å²) >= 11 is 0. The molecule has 196 valence electrons. The molecule has 0 bridgehead atoms. The van der Waals surface area contributed by atoms with Crippen LogP contribution in [0, 0.1) is 5.82 Å². The molecule has 1 aliphatic rings.